The Hall–Kier alpha value is -1.54. The van der Waals surface area contributed by atoms with E-state index in [1.807, 2.05) is 12.1 Å². The highest BCUT2D eigenvalue weighted by molar-refractivity contribution is 5.88. The Morgan fingerprint density at radius 1 is 1.11 bits per heavy atom. The Morgan fingerprint density at radius 3 is 2.72 bits per heavy atom. The van der Waals surface area contributed by atoms with Gasteiger partial charge in [-0.2, -0.15) is 0 Å². The summed E-state index contributed by atoms with van der Waals surface area (Å²) in [6.07, 6.45) is 1.02. The van der Waals surface area contributed by atoms with Crippen LogP contribution < -0.4 is 10.1 Å². The SMILES string of the molecule is CCNC(C)CCOc1cccc2ccccc12. The molecule has 96 valence electrons. The molecule has 0 saturated heterocycles. The van der Waals surface area contributed by atoms with E-state index in [1.165, 1.54) is 10.8 Å². The fourth-order valence-corrected chi connectivity index (χ4v) is 2.12. The molecular formula is C16H21NO. The highest BCUT2D eigenvalue weighted by Crippen LogP contribution is 2.25. The Bertz CT molecular complexity index is 490. The maximum absolute atomic E-state index is 5.90. The van der Waals surface area contributed by atoms with Crippen LogP contribution in [0.1, 0.15) is 20.3 Å². The van der Waals surface area contributed by atoms with Crippen molar-refractivity contribution in [3.05, 3.63) is 42.5 Å². The molecule has 0 spiro atoms. The first-order valence-corrected chi connectivity index (χ1v) is 6.65. The Kier molecular flexibility index (Phi) is 4.59. The van der Waals surface area contributed by atoms with Gasteiger partial charge < -0.3 is 10.1 Å². The second-order valence-electron chi connectivity index (χ2n) is 4.57. The van der Waals surface area contributed by atoms with E-state index in [2.05, 4.69) is 49.5 Å². The lowest BCUT2D eigenvalue weighted by Crippen LogP contribution is -2.27. The summed E-state index contributed by atoms with van der Waals surface area (Å²) < 4.78 is 5.90. The molecular weight excluding hydrogens is 222 g/mol. The standard InChI is InChI=1S/C16H21NO/c1-3-17-13(2)11-12-18-16-10-6-8-14-7-4-5-9-15(14)16/h4-10,13,17H,3,11-12H2,1-2H3. The van der Waals surface area contributed by atoms with Crippen LogP contribution in [0.3, 0.4) is 0 Å². The third kappa shape index (κ3) is 3.23. The summed E-state index contributed by atoms with van der Waals surface area (Å²) in [7, 11) is 0. The fourth-order valence-electron chi connectivity index (χ4n) is 2.12. The summed E-state index contributed by atoms with van der Waals surface area (Å²) >= 11 is 0. The zero-order valence-corrected chi connectivity index (χ0v) is 11.1. The van der Waals surface area contributed by atoms with Crippen molar-refractivity contribution >= 4 is 10.8 Å². The third-order valence-electron chi connectivity index (χ3n) is 3.11. The van der Waals surface area contributed by atoms with Gasteiger partial charge in [0.1, 0.15) is 5.75 Å². The van der Waals surface area contributed by atoms with E-state index in [4.69, 9.17) is 4.74 Å². The Balaban J connectivity index is 1.99. The van der Waals surface area contributed by atoms with Crippen LogP contribution in [0.4, 0.5) is 0 Å². The van der Waals surface area contributed by atoms with Crippen LogP contribution in [0.5, 0.6) is 5.75 Å². The van der Waals surface area contributed by atoms with Crippen LogP contribution in [0.25, 0.3) is 10.8 Å². The molecule has 18 heavy (non-hydrogen) atoms. The highest BCUT2D eigenvalue weighted by atomic mass is 16.5. The second kappa shape index (κ2) is 6.41. The molecule has 1 atom stereocenters. The van der Waals surface area contributed by atoms with Crippen molar-refractivity contribution < 1.29 is 4.74 Å². The molecule has 0 aliphatic carbocycles. The van der Waals surface area contributed by atoms with Gasteiger partial charge in [0.15, 0.2) is 0 Å². The molecule has 0 aliphatic heterocycles. The van der Waals surface area contributed by atoms with E-state index in [0.29, 0.717) is 6.04 Å². The first-order chi connectivity index (χ1) is 8.81. The monoisotopic (exact) mass is 243 g/mol. The number of hydrogen-bond acceptors (Lipinski definition) is 2. The largest absolute Gasteiger partial charge is 0.493 e. The van der Waals surface area contributed by atoms with Crippen molar-refractivity contribution in [1.82, 2.24) is 5.32 Å². The van der Waals surface area contributed by atoms with Gasteiger partial charge in [-0.15, -0.1) is 0 Å². The van der Waals surface area contributed by atoms with Gasteiger partial charge in [0.05, 0.1) is 6.61 Å². The molecule has 0 heterocycles. The van der Waals surface area contributed by atoms with Gasteiger partial charge in [-0.3, -0.25) is 0 Å². The van der Waals surface area contributed by atoms with Crippen molar-refractivity contribution in [3.8, 4) is 5.75 Å². The minimum absolute atomic E-state index is 0.505. The molecule has 1 unspecified atom stereocenters. The van der Waals surface area contributed by atoms with E-state index in [1.54, 1.807) is 0 Å². The zero-order valence-electron chi connectivity index (χ0n) is 11.1. The average Bonchev–Trinajstić information content (AvgIpc) is 2.39. The molecule has 0 aliphatic rings. The Morgan fingerprint density at radius 2 is 1.89 bits per heavy atom. The highest BCUT2D eigenvalue weighted by Gasteiger charge is 2.03. The molecule has 2 rings (SSSR count). The van der Waals surface area contributed by atoms with E-state index in [-0.39, 0.29) is 0 Å². The molecule has 0 bridgehead atoms. The summed E-state index contributed by atoms with van der Waals surface area (Å²) in [5, 5.41) is 5.81. The molecule has 0 amide bonds. The third-order valence-corrected chi connectivity index (χ3v) is 3.11. The molecule has 1 N–H and O–H groups in total. The van der Waals surface area contributed by atoms with Gasteiger partial charge in [0.2, 0.25) is 0 Å². The summed E-state index contributed by atoms with van der Waals surface area (Å²) in [4.78, 5) is 0. The lowest BCUT2D eigenvalue weighted by atomic mass is 10.1. The number of fused-ring (bicyclic) bond motifs is 1. The van der Waals surface area contributed by atoms with E-state index < -0.39 is 0 Å². The molecule has 2 aromatic carbocycles. The predicted molar refractivity (Wildman–Crippen MR) is 77.2 cm³/mol. The Labute approximate surface area is 109 Å². The molecule has 2 aromatic rings. The van der Waals surface area contributed by atoms with Gasteiger partial charge in [-0.1, -0.05) is 43.3 Å². The zero-order chi connectivity index (χ0) is 12.8. The van der Waals surface area contributed by atoms with Crippen molar-refractivity contribution in [2.75, 3.05) is 13.2 Å². The van der Waals surface area contributed by atoms with Crippen LogP contribution in [-0.2, 0) is 0 Å². The van der Waals surface area contributed by atoms with Crippen molar-refractivity contribution in [2.45, 2.75) is 26.3 Å². The number of ether oxygens (including phenoxy) is 1. The van der Waals surface area contributed by atoms with Crippen LogP contribution in [0.2, 0.25) is 0 Å². The molecule has 0 saturated carbocycles. The molecule has 0 aromatic heterocycles. The van der Waals surface area contributed by atoms with Crippen molar-refractivity contribution in [3.63, 3.8) is 0 Å². The smallest absolute Gasteiger partial charge is 0.127 e. The topological polar surface area (TPSA) is 21.3 Å². The maximum Gasteiger partial charge on any atom is 0.127 e. The molecule has 2 nitrogen and oxygen atoms in total. The number of nitrogens with one attached hydrogen (secondary N) is 1. The maximum atomic E-state index is 5.90. The molecule has 0 fully saturated rings. The van der Waals surface area contributed by atoms with Gasteiger partial charge in [0, 0.05) is 11.4 Å². The summed E-state index contributed by atoms with van der Waals surface area (Å²) in [5.74, 6) is 0.983. The first-order valence-electron chi connectivity index (χ1n) is 6.65. The molecule has 0 radical (unpaired) electrons. The minimum atomic E-state index is 0.505. The second-order valence-corrected chi connectivity index (χ2v) is 4.57. The molecule has 2 heteroatoms. The van der Waals surface area contributed by atoms with E-state index >= 15 is 0 Å². The summed E-state index contributed by atoms with van der Waals surface area (Å²) in [6, 6.07) is 15.0. The van der Waals surface area contributed by atoms with Gasteiger partial charge in [-0.05, 0) is 31.3 Å². The van der Waals surface area contributed by atoms with Crippen molar-refractivity contribution in [2.24, 2.45) is 0 Å². The minimum Gasteiger partial charge on any atom is -0.493 e. The van der Waals surface area contributed by atoms with E-state index in [0.717, 1.165) is 25.3 Å². The van der Waals surface area contributed by atoms with Crippen LogP contribution in [-0.4, -0.2) is 19.2 Å². The fraction of sp³-hybridized carbons (Fsp3) is 0.375. The predicted octanol–water partition coefficient (Wildman–Crippen LogP) is 3.61. The van der Waals surface area contributed by atoms with Crippen LogP contribution in [0, 0.1) is 0 Å². The lowest BCUT2D eigenvalue weighted by molar-refractivity contribution is 0.294. The summed E-state index contributed by atoms with van der Waals surface area (Å²) in [5.41, 5.74) is 0. The first kappa shape index (κ1) is 12.9. The number of benzene rings is 2. The van der Waals surface area contributed by atoms with Crippen LogP contribution >= 0.6 is 0 Å². The number of rotatable bonds is 6. The van der Waals surface area contributed by atoms with E-state index in [9.17, 15) is 0 Å². The quantitative estimate of drug-likeness (QED) is 0.837. The van der Waals surface area contributed by atoms with Crippen LogP contribution in [0.15, 0.2) is 42.5 Å². The average molecular weight is 243 g/mol. The normalized spacial score (nSPS) is 12.6. The van der Waals surface area contributed by atoms with Gasteiger partial charge >= 0.3 is 0 Å². The number of hydrogen-bond donors (Lipinski definition) is 1. The van der Waals surface area contributed by atoms with Gasteiger partial charge in [0.25, 0.3) is 0 Å². The summed E-state index contributed by atoms with van der Waals surface area (Å²) in [6.45, 7) is 6.08. The van der Waals surface area contributed by atoms with Crippen molar-refractivity contribution in [1.29, 1.82) is 0 Å². The lowest BCUT2D eigenvalue weighted by Gasteiger charge is -2.14. The van der Waals surface area contributed by atoms with Gasteiger partial charge in [-0.25, -0.2) is 0 Å².